The van der Waals surface area contributed by atoms with Crippen molar-refractivity contribution in [3.63, 3.8) is 0 Å². The lowest BCUT2D eigenvalue weighted by molar-refractivity contribution is -0.154. The molecule has 0 bridgehead atoms. The van der Waals surface area contributed by atoms with Crippen molar-refractivity contribution in [2.75, 3.05) is 6.54 Å². The van der Waals surface area contributed by atoms with Gasteiger partial charge in [0.1, 0.15) is 17.1 Å². The number of phenolic OH excluding ortho intramolecular Hbond substituents is 1. The van der Waals surface area contributed by atoms with Crippen molar-refractivity contribution in [1.29, 1.82) is 0 Å². The second-order valence-electron chi connectivity index (χ2n) is 7.87. The van der Waals surface area contributed by atoms with E-state index in [4.69, 9.17) is 9.15 Å². The maximum absolute atomic E-state index is 13.9. The lowest BCUT2D eigenvalue weighted by Gasteiger charge is -2.33. The molecule has 0 saturated carbocycles. The quantitative estimate of drug-likeness (QED) is 0.436. The van der Waals surface area contributed by atoms with Crippen LogP contribution in [-0.2, 0) is 12.7 Å². The van der Waals surface area contributed by atoms with Crippen LogP contribution in [0.4, 0.5) is 13.2 Å². The predicted molar refractivity (Wildman–Crippen MR) is 117 cm³/mol. The Morgan fingerprint density at radius 3 is 2.66 bits per heavy atom. The molecule has 1 saturated heterocycles. The number of benzene rings is 2. The number of hydrogen-bond acceptors (Lipinski definition) is 5. The van der Waals surface area contributed by atoms with E-state index in [9.17, 15) is 23.1 Å². The van der Waals surface area contributed by atoms with Crippen molar-refractivity contribution in [1.82, 2.24) is 4.90 Å². The van der Waals surface area contributed by atoms with E-state index in [0.29, 0.717) is 4.47 Å². The summed E-state index contributed by atoms with van der Waals surface area (Å²) in [4.78, 5) is 15.2. The molecule has 5 nitrogen and oxygen atoms in total. The maximum Gasteiger partial charge on any atom is 0.453 e. The standard InChI is InChI=1S/C23H21BrF3NO4/c1-13-6-4-5-11-28(13)12-15-17(29)10-9-14-19(30)21(22(23(25,26)27)32-20(14)15)31-18-8-3-2-7-16(18)24/h2-3,7-10,13,29H,4-6,11-12H2,1H3/t13-/m0/s1. The fourth-order valence-electron chi connectivity index (χ4n) is 3.95. The lowest BCUT2D eigenvalue weighted by atomic mass is 10.0. The van der Waals surface area contributed by atoms with E-state index in [0.717, 1.165) is 25.8 Å². The zero-order valence-corrected chi connectivity index (χ0v) is 18.8. The molecule has 1 fully saturated rings. The van der Waals surface area contributed by atoms with Crippen LogP contribution in [0.3, 0.4) is 0 Å². The van der Waals surface area contributed by atoms with Crippen molar-refractivity contribution in [3.05, 3.63) is 62.4 Å². The second-order valence-corrected chi connectivity index (χ2v) is 8.73. The predicted octanol–water partition coefficient (Wildman–Crippen LogP) is 6.45. The Hall–Kier alpha value is -2.52. The van der Waals surface area contributed by atoms with Crippen molar-refractivity contribution >= 4 is 26.9 Å². The van der Waals surface area contributed by atoms with Gasteiger partial charge in [-0.1, -0.05) is 18.6 Å². The van der Waals surface area contributed by atoms with E-state index in [2.05, 4.69) is 20.8 Å². The van der Waals surface area contributed by atoms with Crippen molar-refractivity contribution in [2.45, 2.75) is 44.9 Å². The summed E-state index contributed by atoms with van der Waals surface area (Å²) in [5, 5.41) is 10.4. The van der Waals surface area contributed by atoms with Gasteiger partial charge < -0.3 is 14.3 Å². The number of piperidine rings is 1. The highest BCUT2D eigenvalue weighted by molar-refractivity contribution is 9.10. The fraction of sp³-hybridized carbons (Fsp3) is 0.348. The van der Waals surface area contributed by atoms with Gasteiger partial charge in [0.2, 0.25) is 11.2 Å². The number of ether oxygens (including phenoxy) is 1. The minimum atomic E-state index is -4.98. The smallest absolute Gasteiger partial charge is 0.453 e. The van der Waals surface area contributed by atoms with Crippen LogP contribution in [0.15, 0.2) is 50.1 Å². The molecular formula is C23H21BrF3NO4. The van der Waals surface area contributed by atoms with Crippen LogP contribution in [0, 0.1) is 0 Å². The zero-order chi connectivity index (χ0) is 23.0. The van der Waals surface area contributed by atoms with Gasteiger partial charge in [-0.15, -0.1) is 0 Å². The highest BCUT2D eigenvalue weighted by Gasteiger charge is 2.41. The number of halogens is 4. The van der Waals surface area contributed by atoms with Gasteiger partial charge >= 0.3 is 6.18 Å². The first kappa shape index (κ1) is 22.7. The van der Waals surface area contributed by atoms with Gasteiger partial charge in [-0.25, -0.2) is 0 Å². The molecule has 0 aliphatic carbocycles. The first-order valence-electron chi connectivity index (χ1n) is 10.2. The Kier molecular flexibility index (Phi) is 6.22. The number of para-hydroxylation sites is 1. The van der Waals surface area contributed by atoms with Gasteiger partial charge in [0.25, 0.3) is 5.76 Å². The van der Waals surface area contributed by atoms with Crippen LogP contribution in [0.25, 0.3) is 11.0 Å². The normalized spacial score (nSPS) is 17.6. The molecule has 32 heavy (non-hydrogen) atoms. The summed E-state index contributed by atoms with van der Waals surface area (Å²) in [6.45, 7) is 2.95. The molecule has 0 amide bonds. The molecule has 2 heterocycles. The first-order valence-corrected chi connectivity index (χ1v) is 11.0. The van der Waals surface area contributed by atoms with Gasteiger partial charge in [-0.3, -0.25) is 9.69 Å². The van der Waals surface area contributed by atoms with E-state index in [1.807, 2.05) is 6.92 Å². The minimum absolute atomic E-state index is 0.0470. The molecule has 1 aromatic heterocycles. The van der Waals surface area contributed by atoms with E-state index in [1.165, 1.54) is 18.2 Å². The highest BCUT2D eigenvalue weighted by atomic mass is 79.9. The third-order valence-electron chi connectivity index (χ3n) is 5.70. The van der Waals surface area contributed by atoms with Gasteiger partial charge in [0, 0.05) is 12.6 Å². The minimum Gasteiger partial charge on any atom is -0.507 e. The molecule has 9 heteroatoms. The van der Waals surface area contributed by atoms with E-state index >= 15 is 0 Å². The number of aromatic hydroxyl groups is 1. The first-order chi connectivity index (χ1) is 15.2. The molecule has 3 aromatic rings. The molecule has 0 unspecified atom stereocenters. The Labute approximate surface area is 190 Å². The maximum atomic E-state index is 13.9. The monoisotopic (exact) mass is 511 g/mol. The lowest BCUT2D eigenvalue weighted by Crippen LogP contribution is -2.36. The number of rotatable bonds is 4. The number of phenols is 1. The Balaban J connectivity index is 1.89. The third kappa shape index (κ3) is 4.36. The summed E-state index contributed by atoms with van der Waals surface area (Å²) in [7, 11) is 0. The van der Waals surface area contributed by atoms with Crippen molar-refractivity contribution < 1.29 is 27.4 Å². The SMILES string of the molecule is C[C@H]1CCCCN1Cc1c(O)ccc2c(=O)c(Oc3ccccc3Br)c(C(F)(F)F)oc12. The van der Waals surface area contributed by atoms with Crippen LogP contribution in [-0.4, -0.2) is 22.6 Å². The molecule has 1 N–H and O–H groups in total. The number of likely N-dealkylation sites (tertiary alicyclic amines) is 1. The molecular weight excluding hydrogens is 491 g/mol. The molecule has 170 valence electrons. The Morgan fingerprint density at radius 2 is 1.97 bits per heavy atom. The Bertz CT molecular complexity index is 1210. The molecule has 1 atom stereocenters. The summed E-state index contributed by atoms with van der Waals surface area (Å²) in [5.41, 5.74) is -1.08. The average molecular weight is 512 g/mol. The topological polar surface area (TPSA) is 62.9 Å². The van der Waals surface area contributed by atoms with Crippen LogP contribution < -0.4 is 10.2 Å². The zero-order valence-electron chi connectivity index (χ0n) is 17.2. The number of nitrogens with zero attached hydrogens (tertiary/aromatic N) is 1. The Morgan fingerprint density at radius 1 is 1.22 bits per heavy atom. The highest BCUT2D eigenvalue weighted by Crippen LogP contribution is 2.41. The molecule has 2 aromatic carbocycles. The number of fused-ring (bicyclic) bond motifs is 1. The van der Waals surface area contributed by atoms with E-state index in [-0.39, 0.29) is 40.6 Å². The molecule has 1 aliphatic heterocycles. The number of alkyl halides is 3. The summed E-state index contributed by atoms with van der Waals surface area (Å²) in [5.74, 6) is -2.65. The largest absolute Gasteiger partial charge is 0.507 e. The molecule has 0 spiro atoms. The van der Waals surface area contributed by atoms with Crippen molar-refractivity contribution in [3.8, 4) is 17.2 Å². The average Bonchev–Trinajstić information content (AvgIpc) is 2.74. The fourth-order valence-corrected chi connectivity index (χ4v) is 4.32. The van der Waals surface area contributed by atoms with Gasteiger partial charge in [-0.05, 0) is 66.5 Å². The van der Waals surface area contributed by atoms with Crippen LogP contribution >= 0.6 is 15.9 Å². The van der Waals surface area contributed by atoms with E-state index in [1.54, 1.807) is 18.2 Å². The summed E-state index contributed by atoms with van der Waals surface area (Å²) >= 11 is 3.21. The van der Waals surface area contributed by atoms with Crippen LogP contribution in [0.5, 0.6) is 17.2 Å². The summed E-state index contributed by atoms with van der Waals surface area (Å²) in [6, 6.07) is 9.03. The van der Waals surface area contributed by atoms with Gasteiger partial charge in [0.15, 0.2) is 0 Å². The van der Waals surface area contributed by atoms with Gasteiger partial charge in [-0.2, -0.15) is 13.2 Å². The van der Waals surface area contributed by atoms with Crippen LogP contribution in [0.2, 0.25) is 0 Å². The molecule has 4 rings (SSSR count). The van der Waals surface area contributed by atoms with Crippen LogP contribution in [0.1, 0.15) is 37.5 Å². The van der Waals surface area contributed by atoms with Gasteiger partial charge in [0.05, 0.1) is 15.4 Å². The van der Waals surface area contributed by atoms with Crippen molar-refractivity contribution in [2.24, 2.45) is 0 Å². The summed E-state index contributed by atoms with van der Waals surface area (Å²) in [6.07, 6.45) is -2.00. The molecule has 0 radical (unpaired) electrons. The number of hydrogen-bond donors (Lipinski definition) is 1. The summed E-state index contributed by atoms with van der Waals surface area (Å²) < 4.78 is 52.8. The molecule has 1 aliphatic rings. The van der Waals surface area contributed by atoms with E-state index < -0.39 is 23.1 Å². The third-order valence-corrected chi connectivity index (χ3v) is 6.36. The second kappa shape index (κ2) is 8.78.